The molecule has 2 aromatic carbocycles. The number of nitrogens with one attached hydrogen (secondary N) is 1. The fraction of sp³-hybridized carbons (Fsp3) is 0.286. The van der Waals surface area contributed by atoms with Gasteiger partial charge in [-0.05, 0) is 36.4 Å². The fourth-order valence-electron chi connectivity index (χ4n) is 3.43. The van der Waals surface area contributed by atoms with Gasteiger partial charge in [-0.3, -0.25) is 4.90 Å². The number of hydrogen-bond acceptors (Lipinski definition) is 5. The van der Waals surface area contributed by atoms with Crippen molar-refractivity contribution in [3.8, 4) is 11.5 Å². The standard InChI is InChI=1S/C19H17F2N3O4.C2HF3O2/c20-15-7-11(18(25)26)8-16(21)17(15)28-14-3-1-12(2-4-14)24-10-13-9-22-5-6-23(13)19(24)27;3-2(4,5)1(6)7/h1-4,7-8,13,22H,5-6,9-10H2,(H,25,26);(H,6,7)/t13-;/m0./s1. The second-order valence-corrected chi connectivity index (χ2v) is 7.42. The quantitative estimate of drug-likeness (QED) is 0.548. The van der Waals surface area contributed by atoms with E-state index in [1.807, 2.05) is 4.90 Å². The van der Waals surface area contributed by atoms with Crippen LogP contribution >= 0.6 is 0 Å². The first kappa shape index (κ1) is 25.7. The number of alkyl halides is 3. The van der Waals surface area contributed by atoms with Crippen molar-refractivity contribution in [1.82, 2.24) is 10.2 Å². The predicted molar refractivity (Wildman–Crippen MR) is 110 cm³/mol. The van der Waals surface area contributed by atoms with E-state index < -0.39 is 41.1 Å². The molecule has 3 N–H and O–H groups in total. The Bertz CT molecular complexity index is 1100. The Hall–Kier alpha value is -3.94. The molecule has 0 radical (unpaired) electrons. The highest BCUT2D eigenvalue weighted by Gasteiger charge is 2.39. The van der Waals surface area contributed by atoms with E-state index in [2.05, 4.69) is 5.32 Å². The third kappa shape index (κ3) is 5.95. The summed E-state index contributed by atoms with van der Waals surface area (Å²) in [5, 5.41) is 19.2. The van der Waals surface area contributed by atoms with Crippen LogP contribution in [-0.2, 0) is 4.79 Å². The summed E-state index contributed by atoms with van der Waals surface area (Å²) in [6.45, 7) is 2.73. The molecule has 2 amide bonds. The topological polar surface area (TPSA) is 119 Å². The molecule has 4 rings (SSSR count). The van der Waals surface area contributed by atoms with E-state index in [4.69, 9.17) is 19.7 Å². The summed E-state index contributed by atoms with van der Waals surface area (Å²) in [6, 6.07) is 7.73. The first-order valence-electron chi connectivity index (χ1n) is 9.97. The summed E-state index contributed by atoms with van der Waals surface area (Å²) in [5.74, 6) is -6.93. The normalized spacial score (nSPS) is 17.4. The zero-order valence-electron chi connectivity index (χ0n) is 17.7. The number of hydrogen-bond donors (Lipinski definition) is 3. The smallest absolute Gasteiger partial charge is 0.478 e. The first-order chi connectivity index (χ1) is 16.4. The average molecular weight is 503 g/mol. The van der Waals surface area contributed by atoms with Gasteiger partial charge in [-0.1, -0.05) is 0 Å². The van der Waals surface area contributed by atoms with Crippen molar-refractivity contribution in [3.05, 3.63) is 53.6 Å². The van der Waals surface area contributed by atoms with Gasteiger partial charge in [0, 0.05) is 31.9 Å². The molecule has 0 saturated carbocycles. The summed E-state index contributed by atoms with van der Waals surface area (Å²) < 4.78 is 65.0. The number of ether oxygens (including phenoxy) is 1. The molecule has 0 unspecified atom stereocenters. The largest absolute Gasteiger partial charge is 0.490 e. The molecule has 1 atom stereocenters. The van der Waals surface area contributed by atoms with Gasteiger partial charge < -0.3 is 25.2 Å². The van der Waals surface area contributed by atoms with Gasteiger partial charge in [-0.25, -0.2) is 23.2 Å². The van der Waals surface area contributed by atoms with Crippen LogP contribution in [0.5, 0.6) is 11.5 Å². The van der Waals surface area contributed by atoms with Crippen molar-refractivity contribution in [2.45, 2.75) is 12.2 Å². The number of fused-ring (bicyclic) bond motifs is 1. The Balaban J connectivity index is 0.000000429. The lowest BCUT2D eigenvalue weighted by Crippen LogP contribution is -2.49. The van der Waals surface area contributed by atoms with Crippen LogP contribution < -0.4 is 15.0 Å². The monoisotopic (exact) mass is 503 g/mol. The average Bonchev–Trinajstić information content (AvgIpc) is 3.13. The SMILES string of the molecule is O=C(O)C(F)(F)F.O=C(O)c1cc(F)c(Oc2ccc(N3C[C@@H]4CNCCN4C3=O)cc2)c(F)c1. The molecule has 2 aliphatic rings. The minimum atomic E-state index is -5.08. The molecule has 35 heavy (non-hydrogen) atoms. The lowest BCUT2D eigenvalue weighted by atomic mass is 10.2. The van der Waals surface area contributed by atoms with Crippen LogP contribution in [0.25, 0.3) is 0 Å². The van der Waals surface area contributed by atoms with Crippen LogP contribution in [0.15, 0.2) is 36.4 Å². The van der Waals surface area contributed by atoms with Crippen molar-refractivity contribution in [3.63, 3.8) is 0 Å². The van der Waals surface area contributed by atoms with E-state index in [1.54, 1.807) is 17.0 Å². The Morgan fingerprint density at radius 3 is 2.11 bits per heavy atom. The summed E-state index contributed by atoms with van der Waals surface area (Å²) >= 11 is 0. The van der Waals surface area contributed by atoms with E-state index in [0.717, 1.165) is 13.1 Å². The molecule has 2 aromatic rings. The van der Waals surface area contributed by atoms with Crippen molar-refractivity contribution >= 4 is 23.7 Å². The molecular weight excluding hydrogens is 485 g/mol. The van der Waals surface area contributed by atoms with Gasteiger partial charge in [0.25, 0.3) is 0 Å². The highest BCUT2D eigenvalue weighted by molar-refractivity contribution is 5.94. The second kappa shape index (κ2) is 10.1. The number of anilines is 1. The fourth-order valence-corrected chi connectivity index (χ4v) is 3.43. The molecule has 2 fully saturated rings. The molecule has 9 nitrogen and oxygen atoms in total. The van der Waals surface area contributed by atoms with Gasteiger partial charge in [-0.15, -0.1) is 0 Å². The van der Waals surface area contributed by atoms with Crippen molar-refractivity contribution < 1.29 is 51.3 Å². The zero-order valence-corrected chi connectivity index (χ0v) is 17.7. The van der Waals surface area contributed by atoms with Gasteiger partial charge in [0.2, 0.25) is 0 Å². The summed E-state index contributed by atoms with van der Waals surface area (Å²) in [4.78, 5) is 35.8. The summed E-state index contributed by atoms with van der Waals surface area (Å²) in [7, 11) is 0. The number of aromatic carboxylic acids is 1. The third-order valence-electron chi connectivity index (χ3n) is 5.08. The number of carboxylic acid groups (broad SMARTS) is 2. The molecule has 0 aromatic heterocycles. The van der Waals surface area contributed by atoms with Crippen LogP contribution in [-0.4, -0.2) is 71.5 Å². The molecule has 2 heterocycles. The van der Waals surface area contributed by atoms with Crippen LogP contribution in [0.3, 0.4) is 0 Å². The van der Waals surface area contributed by atoms with Gasteiger partial charge in [-0.2, -0.15) is 13.2 Å². The Labute approximate surface area is 194 Å². The zero-order chi connectivity index (χ0) is 25.9. The number of carboxylic acids is 2. The van der Waals surface area contributed by atoms with Gasteiger partial charge in [0.15, 0.2) is 17.4 Å². The lowest BCUT2D eigenvalue weighted by molar-refractivity contribution is -0.192. The molecule has 188 valence electrons. The van der Waals surface area contributed by atoms with Crippen molar-refractivity contribution in [2.75, 3.05) is 31.1 Å². The number of carbonyl (C=O) groups excluding carboxylic acids is 1. The number of piperazine rings is 1. The summed E-state index contributed by atoms with van der Waals surface area (Å²) in [6.07, 6.45) is -5.08. The van der Waals surface area contributed by atoms with E-state index in [9.17, 15) is 31.5 Å². The Morgan fingerprint density at radius 1 is 1.06 bits per heavy atom. The number of benzene rings is 2. The molecule has 0 spiro atoms. The number of nitrogens with zero attached hydrogens (tertiary/aromatic N) is 2. The van der Waals surface area contributed by atoms with Crippen molar-refractivity contribution in [1.29, 1.82) is 0 Å². The minimum absolute atomic E-state index is 0.0680. The molecule has 0 bridgehead atoms. The third-order valence-corrected chi connectivity index (χ3v) is 5.08. The number of amides is 2. The van der Waals surface area contributed by atoms with Gasteiger partial charge in [0.1, 0.15) is 5.75 Å². The molecular formula is C21H18F5N3O6. The van der Waals surface area contributed by atoms with Gasteiger partial charge in [0.05, 0.1) is 11.6 Å². The Kier molecular flexibility index (Phi) is 7.43. The van der Waals surface area contributed by atoms with E-state index in [0.29, 0.717) is 30.9 Å². The number of carbonyl (C=O) groups is 3. The van der Waals surface area contributed by atoms with Crippen LogP contribution in [0.1, 0.15) is 10.4 Å². The maximum Gasteiger partial charge on any atom is 0.490 e. The first-order valence-corrected chi connectivity index (χ1v) is 9.97. The lowest BCUT2D eigenvalue weighted by Gasteiger charge is -2.28. The highest BCUT2D eigenvalue weighted by atomic mass is 19.4. The van der Waals surface area contributed by atoms with Crippen LogP contribution in [0, 0.1) is 11.6 Å². The maximum atomic E-state index is 14.0. The minimum Gasteiger partial charge on any atom is -0.478 e. The van der Waals surface area contributed by atoms with E-state index in [1.165, 1.54) is 12.1 Å². The number of halogens is 5. The molecule has 2 saturated heterocycles. The second-order valence-electron chi connectivity index (χ2n) is 7.42. The number of urea groups is 1. The highest BCUT2D eigenvalue weighted by Crippen LogP contribution is 2.31. The number of rotatable bonds is 4. The van der Waals surface area contributed by atoms with E-state index in [-0.39, 0.29) is 17.8 Å². The van der Waals surface area contributed by atoms with Gasteiger partial charge >= 0.3 is 24.1 Å². The molecule has 0 aliphatic carbocycles. The molecule has 14 heteroatoms. The van der Waals surface area contributed by atoms with E-state index >= 15 is 0 Å². The Morgan fingerprint density at radius 2 is 1.63 bits per heavy atom. The summed E-state index contributed by atoms with van der Waals surface area (Å²) in [5.41, 5.74) is 0.158. The maximum absolute atomic E-state index is 14.0. The van der Waals surface area contributed by atoms with Crippen LogP contribution in [0.2, 0.25) is 0 Å². The predicted octanol–water partition coefficient (Wildman–Crippen LogP) is 3.30. The molecule has 2 aliphatic heterocycles. The number of aliphatic carboxylic acids is 1. The van der Waals surface area contributed by atoms with Crippen molar-refractivity contribution in [2.24, 2.45) is 0 Å². The van der Waals surface area contributed by atoms with Crippen LogP contribution in [0.4, 0.5) is 32.4 Å².